The minimum absolute atomic E-state index is 0.315. The third kappa shape index (κ3) is 6.59. The highest BCUT2D eigenvalue weighted by atomic mass is 19.4. The Morgan fingerprint density at radius 2 is 1.62 bits per heavy atom. The van der Waals surface area contributed by atoms with Crippen LogP contribution in [0.3, 0.4) is 0 Å². The first-order chi connectivity index (χ1) is 16.3. The van der Waals surface area contributed by atoms with Gasteiger partial charge in [-0.15, -0.1) is 0 Å². The molecule has 4 nitrogen and oxygen atoms in total. The molecule has 0 spiro atoms. The number of benzene rings is 2. The Hall–Kier alpha value is -3.35. The van der Waals surface area contributed by atoms with Crippen molar-refractivity contribution in [3.8, 4) is 0 Å². The number of halogens is 3. The van der Waals surface area contributed by atoms with E-state index in [0.29, 0.717) is 18.3 Å². The lowest BCUT2D eigenvalue weighted by Crippen LogP contribution is -2.30. The molecule has 7 heteroatoms. The van der Waals surface area contributed by atoms with Gasteiger partial charge in [-0.3, -0.25) is 9.79 Å². The van der Waals surface area contributed by atoms with E-state index >= 15 is 0 Å². The first kappa shape index (κ1) is 25.3. The fourth-order valence-electron chi connectivity index (χ4n) is 4.26. The SMILES string of the molecule is CN=C(/C=C\C(=C\O)C(=O)NC(c1ccccc1)c1ccc(C2CCCCC2)cc1)C(F)(F)F. The van der Waals surface area contributed by atoms with Crippen LogP contribution < -0.4 is 5.32 Å². The molecule has 3 rings (SSSR count). The van der Waals surface area contributed by atoms with Crippen molar-refractivity contribution in [1.29, 1.82) is 0 Å². The molecule has 1 unspecified atom stereocenters. The molecular weight excluding hydrogens is 441 g/mol. The average Bonchev–Trinajstić information content (AvgIpc) is 2.85. The second-order valence-electron chi connectivity index (χ2n) is 8.34. The number of hydrogen-bond donors (Lipinski definition) is 2. The molecule has 0 bridgehead atoms. The first-order valence-corrected chi connectivity index (χ1v) is 11.4. The highest BCUT2D eigenvalue weighted by molar-refractivity contribution is 6.03. The van der Waals surface area contributed by atoms with Gasteiger partial charge in [0.1, 0.15) is 5.71 Å². The molecule has 34 heavy (non-hydrogen) atoms. The Morgan fingerprint density at radius 3 is 2.18 bits per heavy atom. The number of alkyl halides is 3. The van der Waals surface area contributed by atoms with Gasteiger partial charge in [0.15, 0.2) is 0 Å². The van der Waals surface area contributed by atoms with Gasteiger partial charge in [0.2, 0.25) is 0 Å². The molecule has 2 N–H and O–H groups in total. The zero-order valence-electron chi connectivity index (χ0n) is 19.1. The molecule has 0 radical (unpaired) electrons. The highest BCUT2D eigenvalue weighted by Gasteiger charge is 2.33. The molecule has 1 aliphatic carbocycles. The van der Waals surface area contributed by atoms with E-state index in [2.05, 4.69) is 22.4 Å². The van der Waals surface area contributed by atoms with Gasteiger partial charge in [-0.25, -0.2) is 0 Å². The number of nitrogens with zero attached hydrogens (tertiary/aromatic N) is 1. The molecule has 0 heterocycles. The van der Waals surface area contributed by atoms with Crippen molar-refractivity contribution in [2.45, 2.75) is 50.2 Å². The normalized spacial score (nSPS) is 17.1. The summed E-state index contributed by atoms with van der Waals surface area (Å²) in [4.78, 5) is 16.1. The fraction of sp³-hybridized carbons (Fsp3) is 0.333. The van der Waals surface area contributed by atoms with Crippen molar-refractivity contribution in [2.75, 3.05) is 7.05 Å². The molecular formula is C27H29F3N2O2. The predicted octanol–water partition coefficient (Wildman–Crippen LogP) is 6.57. The van der Waals surface area contributed by atoms with Crippen molar-refractivity contribution in [1.82, 2.24) is 5.32 Å². The van der Waals surface area contributed by atoms with Gasteiger partial charge in [0, 0.05) is 7.05 Å². The van der Waals surface area contributed by atoms with Gasteiger partial charge >= 0.3 is 6.18 Å². The largest absolute Gasteiger partial charge is 0.515 e. The van der Waals surface area contributed by atoms with Crippen LogP contribution >= 0.6 is 0 Å². The van der Waals surface area contributed by atoms with Crippen LogP contribution in [-0.2, 0) is 4.79 Å². The summed E-state index contributed by atoms with van der Waals surface area (Å²) in [5.74, 6) is -0.161. The molecule has 0 aromatic heterocycles. The molecule has 1 fully saturated rings. The number of nitrogens with one attached hydrogen (secondary N) is 1. The Labute approximate surface area is 197 Å². The number of carbonyl (C=O) groups is 1. The minimum atomic E-state index is -4.66. The van der Waals surface area contributed by atoms with Crippen molar-refractivity contribution in [3.63, 3.8) is 0 Å². The number of aliphatic hydroxyl groups is 1. The Morgan fingerprint density at radius 1 is 1.00 bits per heavy atom. The van der Waals surface area contributed by atoms with Crippen LogP contribution in [0.25, 0.3) is 0 Å². The average molecular weight is 471 g/mol. The third-order valence-electron chi connectivity index (χ3n) is 6.11. The lowest BCUT2D eigenvalue weighted by Gasteiger charge is -2.24. The maximum atomic E-state index is 12.9. The number of aliphatic imine (C=N–C) groups is 1. The van der Waals surface area contributed by atoms with E-state index in [1.54, 1.807) is 0 Å². The molecule has 2 aromatic carbocycles. The van der Waals surface area contributed by atoms with Crippen LogP contribution in [0, 0.1) is 0 Å². The second kappa shape index (κ2) is 11.7. The fourth-order valence-corrected chi connectivity index (χ4v) is 4.26. The molecule has 1 saturated carbocycles. The molecule has 1 atom stereocenters. The summed E-state index contributed by atoms with van der Waals surface area (Å²) in [6.07, 6.45) is 3.50. The summed E-state index contributed by atoms with van der Waals surface area (Å²) in [6, 6.07) is 16.9. The first-order valence-electron chi connectivity index (χ1n) is 11.4. The predicted molar refractivity (Wildman–Crippen MR) is 128 cm³/mol. The molecule has 0 saturated heterocycles. The van der Waals surface area contributed by atoms with E-state index in [0.717, 1.165) is 24.3 Å². The topological polar surface area (TPSA) is 61.7 Å². The van der Waals surface area contributed by atoms with Gasteiger partial charge in [0.25, 0.3) is 5.91 Å². The Bertz CT molecular complexity index is 1040. The van der Waals surface area contributed by atoms with E-state index in [1.165, 1.54) is 37.7 Å². The smallest absolute Gasteiger partial charge is 0.432 e. The Balaban J connectivity index is 1.83. The summed E-state index contributed by atoms with van der Waals surface area (Å²) in [7, 11) is 1.01. The molecule has 1 amide bonds. The summed E-state index contributed by atoms with van der Waals surface area (Å²) >= 11 is 0. The van der Waals surface area contributed by atoms with Crippen molar-refractivity contribution < 1.29 is 23.1 Å². The van der Waals surface area contributed by atoms with E-state index in [-0.39, 0.29) is 5.57 Å². The van der Waals surface area contributed by atoms with Crippen molar-refractivity contribution >= 4 is 11.6 Å². The minimum Gasteiger partial charge on any atom is -0.515 e. The lowest BCUT2D eigenvalue weighted by atomic mass is 9.83. The van der Waals surface area contributed by atoms with Crippen molar-refractivity contribution in [3.05, 3.63) is 95.3 Å². The number of carbonyl (C=O) groups excluding carboxylic acids is 1. The lowest BCUT2D eigenvalue weighted by molar-refractivity contribution is -0.117. The summed E-state index contributed by atoms with van der Waals surface area (Å²) in [5, 5.41) is 12.4. The zero-order valence-corrected chi connectivity index (χ0v) is 19.1. The summed E-state index contributed by atoms with van der Waals surface area (Å²) in [5.41, 5.74) is 1.46. The number of allylic oxidation sites excluding steroid dienone is 1. The van der Waals surface area contributed by atoms with E-state index < -0.39 is 23.8 Å². The van der Waals surface area contributed by atoms with Gasteiger partial charge < -0.3 is 10.4 Å². The van der Waals surface area contributed by atoms with Crippen LogP contribution in [0.2, 0.25) is 0 Å². The van der Waals surface area contributed by atoms with Crippen LogP contribution in [0.4, 0.5) is 13.2 Å². The number of aliphatic hydroxyl groups excluding tert-OH is 1. The molecule has 1 aliphatic rings. The maximum absolute atomic E-state index is 12.9. The quantitative estimate of drug-likeness (QED) is 0.208. The van der Waals surface area contributed by atoms with Gasteiger partial charge in [-0.2, -0.15) is 13.2 Å². The van der Waals surface area contributed by atoms with Gasteiger partial charge in [-0.1, -0.05) is 73.9 Å². The number of amides is 1. The van der Waals surface area contributed by atoms with E-state index in [9.17, 15) is 23.1 Å². The Kier molecular flexibility index (Phi) is 8.68. The van der Waals surface area contributed by atoms with Crippen molar-refractivity contribution in [2.24, 2.45) is 4.99 Å². The molecule has 0 aliphatic heterocycles. The van der Waals surface area contributed by atoms with Gasteiger partial charge in [-0.05, 0) is 47.6 Å². The van der Waals surface area contributed by atoms with Crippen LogP contribution in [0.15, 0.2) is 83.6 Å². The van der Waals surface area contributed by atoms with E-state index in [1.807, 2.05) is 42.5 Å². The summed E-state index contributed by atoms with van der Waals surface area (Å²) in [6.45, 7) is 0. The van der Waals surface area contributed by atoms with Crippen LogP contribution in [-0.4, -0.2) is 29.9 Å². The molecule has 2 aromatic rings. The maximum Gasteiger partial charge on any atom is 0.432 e. The highest BCUT2D eigenvalue weighted by Crippen LogP contribution is 2.33. The third-order valence-corrected chi connectivity index (χ3v) is 6.11. The molecule has 180 valence electrons. The van der Waals surface area contributed by atoms with E-state index in [4.69, 9.17) is 0 Å². The van der Waals surface area contributed by atoms with Gasteiger partial charge in [0.05, 0.1) is 17.9 Å². The number of rotatable bonds is 7. The standard InChI is InChI=1S/C27H29F3N2O2/c1-31-24(27(28,29)30)17-16-23(18-33)26(34)32-25(21-10-6-3-7-11-21)22-14-12-20(13-15-22)19-8-4-2-5-9-19/h3,6-7,10-19,25,33H,2,4-5,8-9H2,1H3,(H,32,34)/b17-16-,23-18-,31-24?. The second-order valence-corrected chi connectivity index (χ2v) is 8.34. The summed E-state index contributed by atoms with van der Waals surface area (Å²) < 4.78 is 38.8. The monoisotopic (exact) mass is 470 g/mol. The van der Waals surface area contributed by atoms with Crippen LogP contribution in [0.5, 0.6) is 0 Å². The van der Waals surface area contributed by atoms with Crippen LogP contribution in [0.1, 0.15) is 60.8 Å². The zero-order chi connectivity index (χ0) is 24.6. The number of hydrogen-bond acceptors (Lipinski definition) is 3.